The van der Waals surface area contributed by atoms with Crippen LogP contribution in [0.4, 0.5) is 28.0 Å². The summed E-state index contributed by atoms with van der Waals surface area (Å²) in [5.74, 6) is -0.506. The first-order valence-corrected chi connectivity index (χ1v) is 10.4. The molecule has 1 unspecified atom stereocenters. The predicted octanol–water partition coefficient (Wildman–Crippen LogP) is 5.77. The van der Waals surface area contributed by atoms with E-state index in [9.17, 15) is 22.4 Å². The zero-order valence-electron chi connectivity index (χ0n) is 16.2. The van der Waals surface area contributed by atoms with E-state index in [0.717, 1.165) is 12.5 Å². The minimum absolute atomic E-state index is 0.115. The average molecular weight is 450 g/mol. The number of hydrogen-bond acceptors (Lipinski definition) is 4. The molecule has 162 valence electrons. The summed E-state index contributed by atoms with van der Waals surface area (Å²) < 4.78 is 53.6. The lowest BCUT2D eigenvalue weighted by atomic mass is 9.99. The van der Waals surface area contributed by atoms with Crippen LogP contribution in [0.3, 0.4) is 0 Å². The van der Waals surface area contributed by atoms with Gasteiger partial charge in [-0.2, -0.15) is 13.2 Å². The van der Waals surface area contributed by atoms with Gasteiger partial charge in [-0.15, -0.1) is 10.2 Å². The van der Waals surface area contributed by atoms with Crippen molar-refractivity contribution in [3.63, 3.8) is 0 Å². The van der Waals surface area contributed by atoms with E-state index in [1.807, 2.05) is 0 Å². The van der Waals surface area contributed by atoms with Crippen LogP contribution in [0.2, 0.25) is 0 Å². The van der Waals surface area contributed by atoms with Gasteiger partial charge in [0.05, 0.1) is 11.3 Å². The lowest BCUT2D eigenvalue weighted by molar-refractivity contribution is -0.136. The van der Waals surface area contributed by atoms with Crippen LogP contribution in [-0.2, 0) is 6.18 Å². The van der Waals surface area contributed by atoms with Crippen molar-refractivity contribution in [2.75, 3.05) is 18.4 Å². The van der Waals surface area contributed by atoms with Crippen molar-refractivity contribution < 1.29 is 22.4 Å². The Kier molecular flexibility index (Phi) is 5.90. The molecule has 1 saturated heterocycles. The van der Waals surface area contributed by atoms with Crippen LogP contribution in [0, 0.1) is 5.82 Å². The van der Waals surface area contributed by atoms with Crippen LogP contribution < -0.4 is 5.32 Å². The summed E-state index contributed by atoms with van der Waals surface area (Å²) in [5.41, 5.74) is -0.809. The van der Waals surface area contributed by atoms with E-state index >= 15 is 0 Å². The molecule has 0 saturated carbocycles. The van der Waals surface area contributed by atoms with Crippen LogP contribution in [-0.4, -0.2) is 34.2 Å². The Morgan fingerprint density at radius 2 is 1.84 bits per heavy atom. The maximum atomic E-state index is 14.0. The molecule has 0 aliphatic carbocycles. The number of hydrogen-bond donors (Lipinski definition) is 1. The summed E-state index contributed by atoms with van der Waals surface area (Å²) in [7, 11) is 0. The van der Waals surface area contributed by atoms with Gasteiger partial charge in [0.1, 0.15) is 10.8 Å². The van der Waals surface area contributed by atoms with E-state index in [1.54, 1.807) is 18.2 Å². The molecule has 0 bridgehead atoms. The Bertz CT molecular complexity index is 1080. The number of aromatic nitrogens is 2. The Morgan fingerprint density at radius 3 is 2.61 bits per heavy atom. The van der Waals surface area contributed by atoms with Gasteiger partial charge in [-0.25, -0.2) is 9.18 Å². The second-order valence-electron chi connectivity index (χ2n) is 7.18. The summed E-state index contributed by atoms with van der Waals surface area (Å²) in [6, 6.07) is 10.6. The smallest absolute Gasteiger partial charge is 0.324 e. The number of carbonyl (C=O) groups is 1. The summed E-state index contributed by atoms with van der Waals surface area (Å²) in [6.07, 6.45) is -3.13. The molecule has 5 nitrogen and oxygen atoms in total. The quantitative estimate of drug-likeness (QED) is 0.515. The molecule has 10 heteroatoms. The molecule has 1 N–H and O–H groups in total. The number of likely N-dealkylation sites (tertiary alicyclic amines) is 1. The Morgan fingerprint density at radius 1 is 1.10 bits per heavy atom. The number of para-hydroxylation sites is 1. The normalized spacial score (nSPS) is 16.9. The minimum Gasteiger partial charge on any atom is -0.324 e. The van der Waals surface area contributed by atoms with E-state index in [0.29, 0.717) is 35.1 Å². The van der Waals surface area contributed by atoms with E-state index in [1.165, 1.54) is 40.5 Å². The molecule has 0 radical (unpaired) electrons. The molecule has 2 amide bonds. The highest BCUT2D eigenvalue weighted by Crippen LogP contribution is 2.36. The predicted molar refractivity (Wildman–Crippen MR) is 109 cm³/mol. The Labute approximate surface area is 179 Å². The van der Waals surface area contributed by atoms with E-state index in [4.69, 9.17) is 0 Å². The van der Waals surface area contributed by atoms with Crippen molar-refractivity contribution in [1.29, 1.82) is 0 Å². The van der Waals surface area contributed by atoms with Gasteiger partial charge in [0.2, 0.25) is 0 Å². The minimum atomic E-state index is -4.57. The van der Waals surface area contributed by atoms with Crippen molar-refractivity contribution in [3.8, 4) is 10.6 Å². The lowest BCUT2D eigenvalue weighted by Gasteiger charge is -2.31. The van der Waals surface area contributed by atoms with Crippen molar-refractivity contribution >= 4 is 23.1 Å². The standard InChI is InChI=1S/C21H18F4N4OS/c22-16-9-3-1-7-14(16)19-28-27-18(31-19)13-6-5-11-29(12-13)20(30)26-17-10-4-2-8-15(17)21(23,24)25/h1-4,7-10,13H,5-6,11-12H2,(H,26,30). The molecule has 2 heterocycles. The molecule has 2 aromatic carbocycles. The highest BCUT2D eigenvalue weighted by molar-refractivity contribution is 7.14. The molecule has 0 spiro atoms. The molecule has 1 aliphatic heterocycles. The van der Waals surface area contributed by atoms with E-state index in [2.05, 4.69) is 15.5 Å². The number of urea groups is 1. The molecule has 1 aromatic heterocycles. The first kappa shape index (κ1) is 21.2. The third kappa shape index (κ3) is 4.68. The van der Waals surface area contributed by atoms with Crippen molar-refractivity contribution in [2.45, 2.75) is 24.9 Å². The van der Waals surface area contributed by atoms with E-state index < -0.39 is 23.6 Å². The number of nitrogens with zero attached hydrogens (tertiary/aromatic N) is 3. The zero-order valence-corrected chi connectivity index (χ0v) is 17.0. The topological polar surface area (TPSA) is 58.1 Å². The number of halogens is 4. The second kappa shape index (κ2) is 8.62. The first-order chi connectivity index (χ1) is 14.8. The van der Waals surface area contributed by atoms with Crippen LogP contribution in [0.1, 0.15) is 29.3 Å². The van der Waals surface area contributed by atoms with Gasteiger partial charge in [-0.1, -0.05) is 35.6 Å². The van der Waals surface area contributed by atoms with Gasteiger partial charge in [0.25, 0.3) is 0 Å². The number of carbonyl (C=O) groups excluding carboxylic acids is 1. The van der Waals surface area contributed by atoms with Crippen LogP contribution in [0.5, 0.6) is 0 Å². The third-order valence-electron chi connectivity index (χ3n) is 5.08. The van der Waals surface area contributed by atoms with Gasteiger partial charge in [0.15, 0.2) is 5.01 Å². The van der Waals surface area contributed by atoms with Gasteiger partial charge in [-0.05, 0) is 37.1 Å². The monoisotopic (exact) mass is 450 g/mol. The molecule has 1 aliphatic rings. The Hall–Kier alpha value is -3.01. The molecule has 3 aromatic rings. The van der Waals surface area contributed by atoms with Gasteiger partial charge < -0.3 is 10.2 Å². The molecule has 4 rings (SSSR count). The van der Waals surface area contributed by atoms with Crippen LogP contribution in [0.15, 0.2) is 48.5 Å². The fourth-order valence-corrected chi connectivity index (χ4v) is 4.54. The van der Waals surface area contributed by atoms with Crippen LogP contribution in [0.25, 0.3) is 10.6 Å². The number of alkyl halides is 3. The van der Waals surface area contributed by atoms with E-state index in [-0.39, 0.29) is 11.6 Å². The summed E-state index contributed by atoms with van der Waals surface area (Å²) in [4.78, 5) is 14.1. The third-order valence-corrected chi connectivity index (χ3v) is 6.20. The maximum Gasteiger partial charge on any atom is 0.418 e. The molecular weight excluding hydrogens is 432 g/mol. The van der Waals surface area contributed by atoms with Gasteiger partial charge in [0, 0.05) is 24.6 Å². The molecular formula is C21H18F4N4OS. The fraction of sp³-hybridized carbons (Fsp3) is 0.286. The lowest BCUT2D eigenvalue weighted by Crippen LogP contribution is -2.41. The number of benzene rings is 2. The van der Waals surface area contributed by atoms with Crippen molar-refractivity contribution in [2.24, 2.45) is 0 Å². The number of anilines is 1. The summed E-state index contributed by atoms with van der Waals surface area (Å²) in [6.45, 7) is 0.724. The van der Waals surface area contributed by atoms with Crippen molar-refractivity contribution in [3.05, 3.63) is 64.9 Å². The first-order valence-electron chi connectivity index (χ1n) is 9.63. The Balaban J connectivity index is 1.47. The van der Waals surface area contributed by atoms with Crippen LogP contribution >= 0.6 is 11.3 Å². The van der Waals surface area contributed by atoms with Gasteiger partial charge >= 0.3 is 12.2 Å². The number of nitrogens with one attached hydrogen (secondary N) is 1. The zero-order chi connectivity index (χ0) is 22.0. The van der Waals surface area contributed by atoms with Crippen molar-refractivity contribution in [1.82, 2.24) is 15.1 Å². The number of rotatable bonds is 3. The highest BCUT2D eigenvalue weighted by Gasteiger charge is 2.34. The second-order valence-corrected chi connectivity index (χ2v) is 8.19. The maximum absolute atomic E-state index is 14.0. The SMILES string of the molecule is O=C(Nc1ccccc1C(F)(F)F)N1CCCC(c2nnc(-c3ccccc3F)s2)C1. The highest BCUT2D eigenvalue weighted by atomic mass is 32.1. The molecule has 31 heavy (non-hydrogen) atoms. The molecule has 1 fully saturated rings. The summed E-state index contributed by atoms with van der Waals surface area (Å²) >= 11 is 1.26. The largest absolute Gasteiger partial charge is 0.418 e. The number of amides is 2. The van der Waals surface area contributed by atoms with Gasteiger partial charge in [-0.3, -0.25) is 0 Å². The average Bonchev–Trinajstić information content (AvgIpc) is 3.24. The summed E-state index contributed by atoms with van der Waals surface area (Å²) in [5, 5.41) is 11.8. The molecule has 1 atom stereocenters. The fourth-order valence-electron chi connectivity index (χ4n) is 3.54. The number of piperidine rings is 1.